The number of unbranched alkanes of at least 4 members (excludes halogenated alkanes) is 2. The Morgan fingerprint density at radius 3 is 2.47 bits per heavy atom. The highest BCUT2D eigenvalue weighted by atomic mass is 16.2. The molecule has 15 heavy (non-hydrogen) atoms. The zero-order valence-electron chi connectivity index (χ0n) is 10.7. The number of hydrogen-bond donors (Lipinski definition) is 1. The quantitative estimate of drug-likeness (QED) is 0.626. The van der Waals surface area contributed by atoms with Gasteiger partial charge in [-0.25, -0.2) is 0 Å². The Labute approximate surface area is 94.2 Å². The number of nitrogens with zero attached hydrogens (tertiary/aromatic N) is 1. The average molecular weight is 214 g/mol. The van der Waals surface area contributed by atoms with Gasteiger partial charge in [-0.3, -0.25) is 4.79 Å². The lowest BCUT2D eigenvalue weighted by Gasteiger charge is -2.19. The Balaban J connectivity index is 3.39. The first-order chi connectivity index (χ1) is 7.09. The fourth-order valence-electron chi connectivity index (χ4n) is 1.42. The smallest absolute Gasteiger partial charge is 0.224 e. The van der Waals surface area contributed by atoms with Crippen molar-refractivity contribution in [3.05, 3.63) is 0 Å². The van der Waals surface area contributed by atoms with Gasteiger partial charge < -0.3 is 10.2 Å². The van der Waals surface area contributed by atoms with E-state index in [1.54, 1.807) is 4.90 Å². The van der Waals surface area contributed by atoms with E-state index in [4.69, 9.17) is 0 Å². The van der Waals surface area contributed by atoms with Crippen molar-refractivity contribution in [1.29, 1.82) is 0 Å². The second-order valence-corrected chi connectivity index (χ2v) is 4.37. The molecule has 0 aromatic rings. The van der Waals surface area contributed by atoms with Crippen molar-refractivity contribution in [3.63, 3.8) is 0 Å². The molecule has 90 valence electrons. The SMILES string of the molecule is CCCCCNCCN(C)C(=O)C(C)C. The summed E-state index contributed by atoms with van der Waals surface area (Å²) in [5.41, 5.74) is 0. The molecule has 0 atom stereocenters. The predicted octanol–water partition coefficient (Wildman–Crippen LogP) is 1.88. The van der Waals surface area contributed by atoms with Crippen LogP contribution in [0, 0.1) is 5.92 Å². The van der Waals surface area contributed by atoms with E-state index in [2.05, 4.69) is 12.2 Å². The summed E-state index contributed by atoms with van der Waals surface area (Å²) in [5, 5.41) is 3.35. The average Bonchev–Trinajstić information content (AvgIpc) is 2.21. The molecule has 0 heterocycles. The number of carbonyl (C=O) groups is 1. The van der Waals surface area contributed by atoms with Crippen molar-refractivity contribution in [2.45, 2.75) is 40.0 Å². The summed E-state index contributed by atoms with van der Waals surface area (Å²) >= 11 is 0. The van der Waals surface area contributed by atoms with E-state index < -0.39 is 0 Å². The summed E-state index contributed by atoms with van der Waals surface area (Å²) < 4.78 is 0. The molecule has 0 aromatic heterocycles. The van der Waals surface area contributed by atoms with Gasteiger partial charge in [-0.1, -0.05) is 33.6 Å². The third-order valence-corrected chi connectivity index (χ3v) is 2.45. The first kappa shape index (κ1) is 14.4. The maximum Gasteiger partial charge on any atom is 0.224 e. The molecule has 3 nitrogen and oxygen atoms in total. The molecule has 0 rings (SSSR count). The number of hydrogen-bond acceptors (Lipinski definition) is 2. The van der Waals surface area contributed by atoms with Crippen LogP contribution < -0.4 is 5.32 Å². The van der Waals surface area contributed by atoms with Crippen LogP contribution in [0.25, 0.3) is 0 Å². The van der Waals surface area contributed by atoms with Crippen LogP contribution in [0.5, 0.6) is 0 Å². The third kappa shape index (κ3) is 7.37. The Kier molecular flexibility index (Phi) is 8.38. The summed E-state index contributed by atoms with van der Waals surface area (Å²) in [6, 6.07) is 0. The van der Waals surface area contributed by atoms with Gasteiger partial charge in [0.15, 0.2) is 0 Å². The highest BCUT2D eigenvalue weighted by molar-refractivity contribution is 5.77. The minimum absolute atomic E-state index is 0.107. The molecule has 0 spiro atoms. The van der Waals surface area contributed by atoms with Gasteiger partial charge in [-0.2, -0.15) is 0 Å². The van der Waals surface area contributed by atoms with E-state index >= 15 is 0 Å². The predicted molar refractivity (Wildman–Crippen MR) is 64.9 cm³/mol. The standard InChI is InChI=1S/C12H26N2O/c1-5-6-7-8-13-9-10-14(4)12(15)11(2)3/h11,13H,5-10H2,1-4H3. The van der Waals surface area contributed by atoms with Crippen molar-refractivity contribution >= 4 is 5.91 Å². The summed E-state index contributed by atoms with van der Waals surface area (Å²) in [7, 11) is 1.87. The fourth-order valence-corrected chi connectivity index (χ4v) is 1.42. The normalized spacial score (nSPS) is 10.7. The molecule has 0 aliphatic rings. The molecular weight excluding hydrogens is 188 g/mol. The van der Waals surface area contributed by atoms with Crippen molar-refractivity contribution < 1.29 is 4.79 Å². The third-order valence-electron chi connectivity index (χ3n) is 2.45. The van der Waals surface area contributed by atoms with E-state index in [0.29, 0.717) is 0 Å². The van der Waals surface area contributed by atoms with Gasteiger partial charge in [-0.05, 0) is 13.0 Å². The number of amides is 1. The highest BCUT2D eigenvalue weighted by Crippen LogP contribution is 1.97. The summed E-state index contributed by atoms with van der Waals surface area (Å²) in [5.74, 6) is 0.334. The van der Waals surface area contributed by atoms with E-state index in [9.17, 15) is 4.79 Å². The highest BCUT2D eigenvalue weighted by Gasteiger charge is 2.11. The first-order valence-corrected chi connectivity index (χ1v) is 6.05. The van der Waals surface area contributed by atoms with Gasteiger partial charge in [0.25, 0.3) is 0 Å². The van der Waals surface area contributed by atoms with Crippen molar-refractivity contribution in [2.75, 3.05) is 26.7 Å². The second kappa shape index (κ2) is 8.72. The van der Waals surface area contributed by atoms with Crippen molar-refractivity contribution in [2.24, 2.45) is 5.92 Å². The zero-order chi connectivity index (χ0) is 11.7. The first-order valence-electron chi connectivity index (χ1n) is 6.05. The van der Waals surface area contributed by atoms with Gasteiger partial charge in [0.05, 0.1) is 0 Å². The topological polar surface area (TPSA) is 32.3 Å². The Bertz CT molecular complexity index is 169. The number of rotatable bonds is 8. The van der Waals surface area contributed by atoms with Crippen LogP contribution in [0.3, 0.4) is 0 Å². The summed E-state index contributed by atoms with van der Waals surface area (Å²) in [4.78, 5) is 13.3. The van der Waals surface area contributed by atoms with Crippen molar-refractivity contribution in [1.82, 2.24) is 10.2 Å². The van der Waals surface area contributed by atoms with E-state index in [1.807, 2.05) is 20.9 Å². The largest absolute Gasteiger partial charge is 0.344 e. The van der Waals surface area contributed by atoms with Crippen LogP contribution in [-0.4, -0.2) is 37.5 Å². The minimum Gasteiger partial charge on any atom is -0.344 e. The maximum atomic E-state index is 11.5. The van der Waals surface area contributed by atoms with Gasteiger partial charge >= 0.3 is 0 Å². The van der Waals surface area contributed by atoms with E-state index in [-0.39, 0.29) is 11.8 Å². The molecule has 0 saturated carbocycles. The number of likely N-dealkylation sites (N-methyl/N-ethyl adjacent to an activating group) is 1. The molecule has 0 saturated heterocycles. The minimum atomic E-state index is 0.107. The lowest BCUT2D eigenvalue weighted by molar-refractivity contribution is -0.133. The van der Waals surface area contributed by atoms with Gasteiger partial charge in [0.1, 0.15) is 0 Å². The van der Waals surface area contributed by atoms with Gasteiger partial charge in [0.2, 0.25) is 5.91 Å². The summed E-state index contributed by atoms with van der Waals surface area (Å²) in [6.45, 7) is 8.86. The molecule has 0 aromatic carbocycles. The molecule has 0 aliphatic heterocycles. The lowest BCUT2D eigenvalue weighted by atomic mass is 10.2. The van der Waals surface area contributed by atoms with Gasteiger partial charge in [0, 0.05) is 26.1 Å². The lowest BCUT2D eigenvalue weighted by Crippen LogP contribution is -2.36. The van der Waals surface area contributed by atoms with Crippen LogP contribution in [-0.2, 0) is 4.79 Å². The Morgan fingerprint density at radius 2 is 1.93 bits per heavy atom. The molecule has 0 bridgehead atoms. The van der Waals surface area contributed by atoms with E-state index in [1.165, 1.54) is 19.3 Å². The van der Waals surface area contributed by atoms with Crippen molar-refractivity contribution in [3.8, 4) is 0 Å². The van der Waals surface area contributed by atoms with Crippen LogP contribution in [0.15, 0.2) is 0 Å². The molecule has 1 amide bonds. The van der Waals surface area contributed by atoms with Gasteiger partial charge in [-0.15, -0.1) is 0 Å². The van der Waals surface area contributed by atoms with Crippen LogP contribution in [0.2, 0.25) is 0 Å². The second-order valence-electron chi connectivity index (χ2n) is 4.37. The van der Waals surface area contributed by atoms with Crippen LogP contribution in [0.4, 0.5) is 0 Å². The Hall–Kier alpha value is -0.570. The van der Waals surface area contributed by atoms with Crippen LogP contribution in [0.1, 0.15) is 40.0 Å². The fraction of sp³-hybridized carbons (Fsp3) is 0.917. The number of carbonyl (C=O) groups excluding carboxylic acids is 1. The molecule has 3 heteroatoms. The van der Waals surface area contributed by atoms with Crippen LogP contribution >= 0.6 is 0 Å². The molecule has 0 fully saturated rings. The molecule has 0 radical (unpaired) electrons. The molecule has 0 aliphatic carbocycles. The number of nitrogens with one attached hydrogen (secondary N) is 1. The molecule has 0 unspecified atom stereocenters. The molecule has 1 N–H and O–H groups in total. The monoisotopic (exact) mass is 214 g/mol. The Morgan fingerprint density at radius 1 is 1.27 bits per heavy atom. The molecular formula is C12H26N2O. The maximum absolute atomic E-state index is 11.5. The zero-order valence-corrected chi connectivity index (χ0v) is 10.7. The van der Waals surface area contributed by atoms with E-state index in [0.717, 1.165) is 19.6 Å². The summed E-state index contributed by atoms with van der Waals surface area (Å²) in [6.07, 6.45) is 3.78.